The van der Waals surface area contributed by atoms with Crippen molar-refractivity contribution in [3.05, 3.63) is 53.3 Å². The number of hydrogen-bond acceptors (Lipinski definition) is 5. The highest BCUT2D eigenvalue weighted by atomic mass is 16.4. The van der Waals surface area contributed by atoms with Gasteiger partial charge in [0.1, 0.15) is 5.82 Å². The van der Waals surface area contributed by atoms with Gasteiger partial charge in [0.25, 0.3) is 0 Å². The van der Waals surface area contributed by atoms with Crippen molar-refractivity contribution >= 4 is 16.7 Å². The molecular formula is C29H42N4O3. The third-order valence-electron chi connectivity index (χ3n) is 7.12. The lowest BCUT2D eigenvalue weighted by atomic mass is 9.84. The number of aromatic amines is 1. The summed E-state index contributed by atoms with van der Waals surface area (Å²) < 4.78 is 0. The van der Waals surface area contributed by atoms with E-state index in [1.165, 1.54) is 69.8 Å². The number of aliphatic hydroxyl groups excluding tert-OH is 1. The van der Waals surface area contributed by atoms with Crippen LogP contribution in [0.2, 0.25) is 0 Å². The largest absolute Gasteiger partial charge is 0.481 e. The van der Waals surface area contributed by atoms with Gasteiger partial charge in [-0.2, -0.15) is 0 Å². The molecule has 0 amide bonds. The van der Waals surface area contributed by atoms with Crippen molar-refractivity contribution in [3.63, 3.8) is 0 Å². The summed E-state index contributed by atoms with van der Waals surface area (Å²) in [5.74, 6) is -0.644. The highest BCUT2D eigenvalue weighted by Crippen LogP contribution is 2.32. The second kappa shape index (κ2) is 15.3. The van der Waals surface area contributed by atoms with Gasteiger partial charge in [-0.25, -0.2) is 5.10 Å². The van der Waals surface area contributed by atoms with Crippen LogP contribution in [0.4, 0.5) is 0 Å². The number of hydrogen-bond donors (Lipinski definition) is 3. The molecule has 0 saturated carbocycles. The number of H-pyrrole nitrogens is 1. The Bertz CT molecular complexity index is 1040. The third kappa shape index (κ3) is 9.01. The molecule has 3 aromatic rings. The molecule has 0 spiro atoms. The molecule has 0 aliphatic carbocycles. The molecule has 0 radical (unpaired) electrons. The third-order valence-corrected chi connectivity index (χ3v) is 7.12. The van der Waals surface area contributed by atoms with Crippen molar-refractivity contribution in [1.29, 1.82) is 0 Å². The van der Waals surface area contributed by atoms with Crippen molar-refractivity contribution in [2.24, 2.45) is 0 Å². The molecule has 1 heterocycles. The summed E-state index contributed by atoms with van der Waals surface area (Å²) in [6, 6.07) is 12.7. The minimum atomic E-state index is -0.911. The molecule has 196 valence electrons. The summed E-state index contributed by atoms with van der Waals surface area (Å²) in [4.78, 5) is 11.1. The van der Waals surface area contributed by atoms with Crippen molar-refractivity contribution in [2.45, 2.75) is 109 Å². The van der Waals surface area contributed by atoms with Crippen LogP contribution >= 0.6 is 0 Å². The van der Waals surface area contributed by atoms with Gasteiger partial charge in [0, 0.05) is 18.8 Å². The van der Waals surface area contributed by atoms with E-state index in [1.54, 1.807) is 0 Å². The average molecular weight is 495 g/mol. The zero-order valence-electron chi connectivity index (χ0n) is 21.7. The van der Waals surface area contributed by atoms with Crippen LogP contribution in [0.5, 0.6) is 0 Å². The minimum absolute atomic E-state index is 0.0823. The maximum atomic E-state index is 11.1. The second-order valence-electron chi connectivity index (χ2n) is 9.99. The zero-order chi connectivity index (χ0) is 25.6. The molecule has 0 aliphatic rings. The molecule has 0 bridgehead atoms. The number of carbonyl (C=O) groups is 1. The summed E-state index contributed by atoms with van der Waals surface area (Å²) in [5.41, 5.74) is 2.31. The van der Waals surface area contributed by atoms with E-state index in [1.807, 2.05) is 12.1 Å². The lowest BCUT2D eigenvalue weighted by Crippen LogP contribution is -2.22. The van der Waals surface area contributed by atoms with E-state index < -0.39 is 12.1 Å². The summed E-state index contributed by atoms with van der Waals surface area (Å²) in [6.07, 6.45) is 14.0. The Morgan fingerprint density at radius 2 is 1.69 bits per heavy atom. The number of aryl methyl sites for hydroxylation is 1. The van der Waals surface area contributed by atoms with Gasteiger partial charge in [-0.1, -0.05) is 101 Å². The van der Waals surface area contributed by atoms with Crippen LogP contribution in [0.3, 0.4) is 0 Å². The molecule has 7 nitrogen and oxygen atoms in total. The van der Waals surface area contributed by atoms with Gasteiger partial charge in [0.15, 0.2) is 0 Å². The van der Waals surface area contributed by atoms with Gasteiger partial charge in [-0.15, -0.1) is 5.10 Å². The number of nitrogens with zero attached hydrogens (tertiary/aromatic N) is 3. The lowest BCUT2D eigenvalue weighted by molar-refractivity contribution is -0.137. The molecule has 0 fully saturated rings. The molecule has 7 heteroatoms. The Morgan fingerprint density at radius 1 is 0.972 bits per heavy atom. The Balaban J connectivity index is 1.63. The molecule has 2 atom stereocenters. The molecule has 36 heavy (non-hydrogen) atoms. The first kappa shape index (κ1) is 27.8. The topological polar surface area (TPSA) is 112 Å². The predicted molar refractivity (Wildman–Crippen MR) is 143 cm³/mol. The van der Waals surface area contributed by atoms with Gasteiger partial charge >= 0.3 is 5.97 Å². The fourth-order valence-electron chi connectivity index (χ4n) is 5.04. The number of aromatic nitrogens is 4. The van der Waals surface area contributed by atoms with Crippen molar-refractivity contribution < 1.29 is 15.0 Å². The molecule has 0 saturated heterocycles. The zero-order valence-corrected chi connectivity index (χ0v) is 21.7. The summed E-state index contributed by atoms with van der Waals surface area (Å²) in [7, 11) is 0. The molecule has 3 N–H and O–H groups in total. The van der Waals surface area contributed by atoms with E-state index in [0.29, 0.717) is 12.2 Å². The number of carboxylic acids is 1. The number of fused-ring (bicyclic) bond motifs is 1. The summed E-state index contributed by atoms with van der Waals surface area (Å²) >= 11 is 0. The molecule has 3 rings (SSSR count). The average Bonchev–Trinajstić information content (AvgIpc) is 3.40. The number of benzene rings is 2. The fraction of sp³-hybridized carbons (Fsp3) is 0.586. The quantitative estimate of drug-likeness (QED) is 0.177. The highest BCUT2D eigenvalue weighted by molar-refractivity contribution is 5.87. The normalized spacial score (nSPS) is 13.2. The van der Waals surface area contributed by atoms with Crippen LogP contribution in [0.1, 0.15) is 107 Å². The first-order valence-electron chi connectivity index (χ1n) is 13.7. The molecule has 2 unspecified atom stereocenters. The van der Waals surface area contributed by atoms with E-state index in [9.17, 15) is 9.90 Å². The van der Waals surface area contributed by atoms with Gasteiger partial charge < -0.3 is 10.2 Å². The second-order valence-corrected chi connectivity index (χ2v) is 9.99. The summed E-state index contributed by atoms with van der Waals surface area (Å²) in [6.45, 7) is 2.26. The lowest BCUT2D eigenvalue weighted by Gasteiger charge is -2.24. The number of tetrazole rings is 1. The molecule has 2 aromatic carbocycles. The Morgan fingerprint density at radius 3 is 2.36 bits per heavy atom. The molecule has 1 aromatic heterocycles. The van der Waals surface area contributed by atoms with Crippen molar-refractivity contribution in [1.82, 2.24) is 20.6 Å². The SMILES string of the molecule is CCCCCCCCCCCCc1ccc2cccc(C(Cc3nnn[nH]3)C(O)CCC(=O)O)c2c1. The smallest absolute Gasteiger partial charge is 0.303 e. The van der Waals surface area contributed by atoms with Crippen LogP contribution in [0, 0.1) is 0 Å². The summed E-state index contributed by atoms with van der Waals surface area (Å²) in [5, 5.41) is 36.4. The fourth-order valence-corrected chi connectivity index (χ4v) is 5.04. The minimum Gasteiger partial charge on any atom is -0.481 e. The first-order chi connectivity index (χ1) is 17.6. The van der Waals surface area contributed by atoms with E-state index >= 15 is 0 Å². The van der Waals surface area contributed by atoms with E-state index in [-0.39, 0.29) is 18.8 Å². The Hall–Kier alpha value is -2.80. The van der Waals surface area contributed by atoms with Gasteiger partial charge in [0.05, 0.1) is 6.10 Å². The first-order valence-corrected chi connectivity index (χ1v) is 13.7. The highest BCUT2D eigenvalue weighted by Gasteiger charge is 2.25. The monoisotopic (exact) mass is 494 g/mol. The van der Waals surface area contributed by atoms with Crippen molar-refractivity contribution in [2.75, 3.05) is 0 Å². The van der Waals surface area contributed by atoms with Crippen LogP contribution in [-0.2, 0) is 17.6 Å². The predicted octanol–water partition coefficient (Wildman–Crippen LogP) is 6.37. The van der Waals surface area contributed by atoms with E-state index in [2.05, 4.69) is 51.8 Å². The Labute approximate surface area is 214 Å². The van der Waals surface area contributed by atoms with Gasteiger partial charge in [-0.3, -0.25) is 4.79 Å². The van der Waals surface area contributed by atoms with Crippen LogP contribution < -0.4 is 0 Å². The van der Waals surface area contributed by atoms with Gasteiger partial charge in [-0.05, 0) is 51.6 Å². The molecular weight excluding hydrogens is 452 g/mol. The number of nitrogens with one attached hydrogen (secondary N) is 1. The van der Waals surface area contributed by atoms with Crippen LogP contribution in [0.15, 0.2) is 36.4 Å². The Kier molecular flexibility index (Phi) is 11.8. The van der Waals surface area contributed by atoms with Crippen LogP contribution in [0.25, 0.3) is 10.8 Å². The van der Waals surface area contributed by atoms with Crippen molar-refractivity contribution in [3.8, 4) is 0 Å². The molecule has 0 aliphatic heterocycles. The number of rotatable bonds is 18. The standard InChI is InChI=1S/C29H42N4O3/c1-2-3-4-5-6-7-8-9-10-11-13-22-16-17-23-14-12-15-24(25(23)20-22)26(21-28-30-32-33-31-28)27(34)18-19-29(35)36/h12,14-17,20,26-27,34H,2-11,13,18-19,21H2,1H3,(H,35,36)(H,30,31,32,33). The van der Waals surface area contributed by atoms with E-state index in [0.717, 1.165) is 22.8 Å². The van der Waals surface area contributed by atoms with Gasteiger partial charge in [0.2, 0.25) is 0 Å². The number of aliphatic hydroxyl groups is 1. The number of carboxylic acid groups (broad SMARTS) is 1. The van der Waals surface area contributed by atoms with Crippen LogP contribution in [-0.4, -0.2) is 42.9 Å². The maximum Gasteiger partial charge on any atom is 0.303 e. The van der Waals surface area contributed by atoms with E-state index in [4.69, 9.17) is 5.11 Å². The maximum absolute atomic E-state index is 11.1. The number of aliphatic carboxylic acids is 1. The number of unbranched alkanes of at least 4 members (excludes halogenated alkanes) is 9.